The molecular weight excluding hydrogens is 381 g/mol. The van der Waals surface area contributed by atoms with Gasteiger partial charge in [0.25, 0.3) is 0 Å². The van der Waals surface area contributed by atoms with Gasteiger partial charge in [-0.1, -0.05) is 48.7 Å². The zero-order valence-electron chi connectivity index (χ0n) is 12.8. The lowest BCUT2D eigenvalue weighted by Gasteiger charge is -2.28. The van der Waals surface area contributed by atoms with Gasteiger partial charge in [-0.15, -0.1) is 0 Å². The van der Waals surface area contributed by atoms with Crippen molar-refractivity contribution in [3.8, 4) is 5.75 Å². The number of hydrogen-bond donors (Lipinski definition) is 3. The van der Waals surface area contributed by atoms with E-state index < -0.39 is 9.96 Å². The average Bonchev–Trinajstić information content (AvgIpc) is 2.46. The molecule has 1 aromatic carbocycles. The highest BCUT2D eigenvalue weighted by Crippen LogP contribution is 2.29. The summed E-state index contributed by atoms with van der Waals surface area (Å²) in [6, 6.07) is 7.11. The van der Waals surface area contributed by atoms with Gasteiger partial charge in [-0.25, -0.2) is 0 Å². The predicted molar refractivity (Wildman–Crippen MR) is 99.4 cm³/mol. The van der Waals surface area contributed by atoms with E-state index in [0.29, 0.717) is 0 Å². The van der Waals surface area contributed by atoms with Gasteiger partial charge in [-0.2, -0.15) is 0 Å². The minimum Gasteiger partial charge on any atom is -0.497 e. The second kappa shape index (κ2) is 8.78. The molecule has 1 atom stereocenters. The summed E-state index contributed by atoms with van der Waals surface area (Å²) in [6.07, 6.45) is -0.972. The first kappa shape index (κ1) is 20.1. The Balaban J connectivity index is 2.70. The van der Waals surface area contributed by atoms with Crippen LogP contribution in [-0.2, 0) is 4.79 Å². The maximum atomic E-state index is 11.8. The smallest absolute Gasteiger partial charge is 0.228 e. The molecule has 1 rings (SSSR count). The van der Waals surface area contributed by atoms with Crippen molar-refractivity contribution in [3.63, 3.8) is 0 Å². The van der Waals surface area contributed by atoms with E-state index in [2.05, 4.69) is 16.0 Å². The van der Waals surface area contributed by atoms with Crippen LogP contribution in [0.15, 0.2) is 24.3 Å². The third-order valence-corrected chi connectivity index (χ3v) is 3.64. The number of carbonyl (C=O) groups excluding carboxylic acids is 1. The monoisotopic (exact) mass is 397 g/mol. The number of benzene rings is 1. The minimum absolute atomic E-state index is 0.204. The molecule has 0 radical (unpaired) electrons. The Morgan fingerprint density at radius 2 is 1.74 bits per heavy atom. The second-order valence-corrected chi connectivity index (χ2v) is 7.74. The Morgan fingerprint density at radius 1 is 1.17 bits per heavy atom. The van der Waals surface area contributed by atoms with Gasteiger partial charge in [-0.3, -0.25) is 4.79 Å². The van der Waals surface area contributed by atoms with Crippen LogP contribution in [-0.4, -0.2) is 28.1 Å². The molecule has 0 heterocycles. The number of carbonyl (C=O) groups is 1. The molecule has 1 aromatic rings. The van der Waals surface area contributed by atoms with Crippen LogP contribution >= 0.6 is 47.0 Å². The van der Waals surface area contributed by atoms with Crippen LogP contribution < -0.4 is 20.7 Å². The standard InChI is InChI=1S/C14H18Cl3N3O2S/c1-8(2)11(21)19-12(14(15,16)17)20-13(23)18-9-4-6-10(22-3)7-5-9/h4-8,12H,1-3H3,(H,19,21)(H2,18,20,23). The van der Waals surface area contributed by atoms with Gasteiger partial charge in [0.15, 0.2) is 5.11 Å². The molecule has 0 aromatic heterocycles. The number of methoxy groups -OCH3 is 1. The molecule has 0 spiro atoms. The van der Waals surface area contributed by atoms with Gasteiger partial charge in [0, 0.05) is 11.6 Å². The van der Waals surface area contributed by atoms with Gasteiger partial charge in [-0.05, 0) is 36.5 Å². The first-order valence-electron chi connectivity index (χ1n) is 6.72. The number of rotatable bonds is 5. The first-order chi connectivity index (χ1) is 10.6. The van der Waals surface area contributed by atoms with E-state index >= 15 is 0 Å². The van der Waals surface area contributed by atoms with E-state index in [1.54, 1.807) is 45.2 Å². The summed E-state index contributed by atoms with van der Waals surface area (Å²) in [5.74, 6) is 0.202. The number of amides is 1. The molecule has 0 bridgehead atoms. The normalized spacial score (nSPS) is 12.5. The summed E-state index contributed by atoms with van der Waals surface area (Å²) in [5, 5.41) is 8.52. The number of thiocarbonyl (C=S) groups is 1. The summed E-state index contributed by atoms with van der Waals surface area (Å²) >= 11 is 22.8. The van der Waals surface area contributed by atoms with Crippen molar-refractivity contribution in [1.29, 1.82) is 0 Å². The molecule has 9 heteroatoms. The molecule has 0 aliphatic rings. The van der Waals surface area contributed by atoms with Crippen LogP contribution in [0.5, 0.6) is 5.75 Å². The zero-order valence-corrected chi connectivity index (χ0v) is 15.9. The molecule has 128 valence electrons. The zero-order chi connectivity index (χ0) is 17.6. The molecule has 0 saturated heterocycles. The first-order valence-corrected chi connectivity index (χ1v) is 8.26. The highest BCUT2D eigenvalue weighted by Gasteiger charge is 2.35. The maximum Gasteiger partial charge on any atom is 0.228 e. The fourth-order valence-electron chi connectivity index (χ4n) is 1.48. The lowest BCUT2D eigenvalue weighted by molar-refractivity contribution is -0.124. The summed E-state index contributed by atoms with van der Waals surface area (Å²) in [7, 11) is 1.58. The van der Waals surface area contributed by atoms with Crippen LogP contribution in [0.2, 0.25) is 0 Å². The van der Waals surface area contributed by atoms with Crippen LogP contribution in [0, 0.1) is 5.92 Å². The number of nitrogens with one attached hydrogen (secondary N) is 3. The Morgan fingerprint density at radius 3 is 2.17 bits per heavy atom. The Bertz CT molecular complexity index is 547. The molecule has 23 heavy (non-hydrogen) atoms. The van der Waals surface area contributed by atoms with Crippen LogP contribution in [0.4, 0.5) is 5.69 Å². The Labute approximate surface area is 156 Å². The van der Waals surface area contributed by atoms with Crippen LogP contribution in [0.25, 0.3) is 0 Å². The van der Waals surface area contributed by atoms with E-state index in [4.69, 9.17) is 51.8 Å². The largest absolute Gasteiger partial charge is 0.497 e. The highest BCUT2D eigenvalue weighted by atomic mass is 35.6. The Kier molecular flexibility index (Phi) is 7.67. The van der Waals surface area contributed by atoms with E-state index in [1.807, 2.05) is 0 Å². The quantitative estimate of drug-likeness (QED) is 0.403. The van der Waals surface area contributed by atoms with E-state index in [1.165, 1.54) is 0 Å². The predicted octanol–water partition coefficient (Wildman–Crippen LogP) is 3.45. The molecule has 0 aliphatic heterocycles. The van der Waals surface area contributed by atoms with Gasteiger partial charge < -0.3 is 20.7 Å². The summed E-state index contributed by atoms with van der Waals surface area (Å²) in [5.41, 5.74) is 0.724. The molecule has 1 unspecified atom stereocenters. The number of hydrogen-bond acceptors (Lipinski definition) is 3. The number of alkyl halides is 3. The van der Waals surface area contributed by atoms with Gasteiger partial charge in [0.05, 0.1) is 7.11 Å². The summed E-state index contributed by atoms with van der Waals surface area (Å²) in [4.78, 5) is 11.8. The van der Waals surface area contributed by atoms with Crippen molar-refractivity contribution in [1.82, 2.24) is 10.6 Å². The molecular formula is C14H18Cl3N3O2S. The van der Waals surface area contributed by atoms with Crippen molar-refractivity contribution in [2.45, 2.75) is 23.8 Å². The third-order valence-electron chi connectivity index (χ3n) is 2.76. The van der Waals surface area contributed by atoms with Crippen molar-refractivity contribution in [2.75, 3.05) is 12.4 Å². The molecule has 3 N–H and O–H groups in total. The average molecular weight is 399 g/mol. The van der Waals surface area contributed by atoms with Crippen molar-refractivity contribution in [3.05, 3.63) is 24.3 Å². The fraction of sp³-hybridized carbons (Fsp3) is 0.429. The third kappa shape index (κ3) is 6.99. The summed E-state index contributed by atoms with van der Waals surface area (Å²) in [6.45, 7) is 3.47. The number of anilines is 1. The lowest BCUT2D eigenvalue weighted by atomic mass is 10.2. The SMILES string of the molecule is COc1ccc(NC(=S)NC(NC(=O)C(C)C)C(Cl)(Cl)Cl)cc1. The van der Waals surface area contributed by atoms with Crippen molar-refractivity contribution >= 4 is 63.7 Å². The molecule has 0 fully saturated rings. The van der Waals surface area contributed by atoms with Gasteiger partial charge >= 0.3 is 0 Å². The minimum atomic E-state index is -1.77. The van der Waals surface area contributed by atoms with E-state index in [0.717, 1.165) is 11.4 Å². The van der Waals surface area contributed by atoms with E-state index in [9.17, 15) is 4.79 Å². The van der Waals surface area contributed by atoms with Crippen LogP contribution in [0.1, 0.15) is 13.8 Å². The van der Waals surface area contributed by atoms with Crippen molar-refractivity contribution < 1.29 is 9.53 Å². The molecule has 0 aliphatic carbocycles. The van der Waals surface area contributed by atoms with Crippen molar-refractivity contribution in [2.24, 2.45) is 5.92 Å². The molecule has 0 saturated carbocycles. The highest BCUT2D eigenvalue weighted by molar-refractivity contribution is 7.80. The summed E-state index contributed by atoms with van der Waals surface area (Å²) < 4.78 is 3.31. The number of ether oxygens (including phenoxy) is 1. The van der Waals surface area contributed by atoms with Gasteiger partial charge in [0.1, 0.15) is 11.9 Å². The topological polar surface area (TPSA) is 62.4 Å². The van der Waals surface area contributed by atoms with Gasteiger partial charge in [0.2, 0.25) is 9.70 Å². The Hall–Kier alpha value is -0.950. The maximum absolute atomic E-state index is 11.8. The van der Waals surface area contributed by atoms with Crippen LogP contribution in [0.3, 0.4) is 0 Å². The second-order valence-electron chi connectivity index (χ2n) is 4.96. The number of halogens is 3. The molecule has 1 amide bonds. The fourth-order valence-corrected chi connectivity index (χ4v) is 2.04. The molecule has 5 nitrogen and oxygen atoms in total. The van der Waals surface area contributed by atoms with E-state index in [-0.39, 0.29) is 16.9 Å². The lowest BCUT2D eigenvalue weighted by Crippen LogP contribution is -2.56.